The third-order valence-corrected chi connectivity index (χ3v) is 2.34. The summed E-state index contributed by atoms with van der Waals surface area (Å²) in [4.78, 5) is 0. The summed E-state index contributed by atoms with van der Waals surface area (Å²) in [5.74, 6) is -1.42. The van der Waals surface area contributed by atoms with Crippen LogP contribution in [0.4, 0.5) is 8.78 Å². The second kappa shape index (κ2) is 4.02. The van der Waals surface area contributed by atoms with Crippen molar-refractivity contribution >= 4 is 0 Å². The van der Waals surface area contributed by atoms with Gasteiger partial charge in [0.15, 0.2) is 11.6 Å². The van der Waals surface area contributed by atoms with Crippen LogP contribution in [0.5, 0.6) is 0 Å². The number of aliphatic hydroxyl groups excluding tert-OH is 1. The van der Waals surface area contributed by atoms with Crippen molar-refractivity contribution in [1.82, 2.24) is 5.16 Å². The molecule has 16 heavy (non-hydrogen) atoms. The average Bonchev–Trinajstić information content (AvgIpc) is 2.63. The molecular formula is C11H9F2NO2. The Morgan fingerprint density at radius 1 is 1.31 bits per heavy atom. The molecule has 1 aromatic heterocycles. The fourth-order valence-corrected chi connectivity index (χ4v) is 1.45. The maximum atomic E-state index is 13.0. The summed E-state index contributed by atoms with van der Waals surface area (Å²) in [5.41, 5.74) is 1.18. The molecule has 2 rings (SSSR count). The van der Waals surface area contributed by atoms with Gasteiger partial charge in [-0.05, 0) is 25.1 Å². The highest BCUT2D eigenvalue weighted by atomic mass is 19.2. The lowest BCUT2D eigenvalue weighted by molar-refractivity contribution is 0.278. The number of rotatable bonds is 2. The zero-order valence-corrected chi connectivity index (χ0v) is 8.50. The molecule has 0 aliphatic carbocycles. The lowest BCUT2D eigenvalue weighted by Gasteiger charge is -2.00. The van der Waals surface area contributed by atoms with Crippen LogP contribution in [0.3, 0.4) is 0 Å². The van der Waals surface area contributed by atoms with E-state index in [4.69, 9.17) is 9.63 Å². The van der Waals surface area contributed by atoms with Crippen LogP contribution in [-0.2, 0) is 6.61 Å². The second-order valence-corrected chi connectivity index (χ2v) is 3.35. The number of benzene rings is 1. The van der Waals surface area contributed by atoms with E-state index in [0.29, 0.717) is 22.6 Å². The number of aryl methyl sites for hydroxylation is 1. The van der Waals surface area contributed by atoms with Crippen LogP contribution in [0.15, 0.2) is 22.7 Å². The Bertz CT molecular complexity index is 523. The first-order valence-electron chi connectivity index (χ1n) is 4.65. The summed E-state index contributed by atoms with van der Waals surface area (Å²) < 4.78 is 30.6. The first kappa shape index (κ1) is 10.8. The Morgan fingerprint density at radius 3 is 2.69 bits per heavy atom. The number of nitrogens with zero attached hydrogens (tertiary/aromatic N) is 1. The summed E-state index contributed by atoms with van der Waals surface area (Å²) in [7, 11) is 0. The van der Waals surface area contributed by atoms with Crippen molar-refractivity contribution in [1.29, 1.82) is 0 Å². The van der Waals surface area contributed by atoms with Gasteiger partial charge in [-0.25, -0.2) is 8.78 Å². The van der Waals surface area contributed by atoms with Gasteiger partial charge in [0, 0.05) is 11.1 Å². The van der Waals surface area contributed by atoms with Gasteiger partial charge in [0.25, 0.3) is 0 Å². The fraction of sp³-hybridized carbons (Fsp3) is 0.182. The highest BCUT2D eigenvalue weighted by Crippen LogP contribution is 2.26. The lowest BCUT2D eigenvalue weighted by Crippen LogP contribution is -1.90. The molecule has 1 aromatic carbocycles. The van der Waals surface area contributed by atoms with Crippen LogP contribution >= 0.6 is 0 Å². The standard InChI is InChI=1S/C11H9F2NO2/c1-6-8(5-15)11(14-16-6)7-2-3-9(12)10(13)4-7/h2-4,15H,5H2,1H3. The van der Waals surface area contributed by atoms with Crippen molar-refractivity contribution in [2.45, 2.75) is 13.5 Å². The smallest absolute Gasteiger partial charge is 0.159 e. The van der Waals surface area contributed by atoms with E-state index in [2.05, 4.69) is 5.16 Å². The highest BCUT2D eigenvalue weighted by molar-refractivity contribution is 5.63. The van der Waals surface area contributed by atoms with E-state index in [1.54, 1.807) is 6.92 Å². The van der Waals surface area contributed by atoms with E-state index >= 15 is 0 Å². The third-order valence-electron chi connectivity index (χ3n) is 2.34. The van der Waals surface area contributed by atoms with E-state index in [0.717, 1.165) is 12.1 Å². The summed E-state index contributed by atoms with van der Waals surface area (Å²) >= 11 is 0. The molecule has 0 atom stereocenters. The molecule has 0 bridgehead atoms. The molecule has 0 fully saturated rings. The van der Waals surface area contributed by atoms with Crippen molar-refractivity contribution in [3.05, 3.63) is 41.2 Å². The van der Waals surface area contributed by atoms with Crippen molar-refractivity contribution < 1.29 is 18.4 Å². The second-order valence-electron chi connectivity index (χ2n) is 3.35. The third kappa shape index (κ3) is 1.69. The summed E-state index contributed by atoms with van der Waals surface area (Å²) in [5, 5.41) is 12.8. The van der Waals surface area contributed by atoms with Crippen LogP contribution in [0, 0.1) is 18.6 Å². The van der Waals surface area contributed by atoms with Crippen molar-refractivity contribution in [2.75, 3.05) is 0 Å². The summed E-state index contributed by atoms with van der Waals surface area (Å²) in [6.45, 7) is 1.38. The van der Waals surface area contributed by atoms with E-state index in [-0.39, 0.29) is 6.61 Å². The molecule has 2 aromatic rings. The molecule has 0 aliphatic heterocycles. The number of hydrogen-bond donors (Lipinski definition) is 1. The van der Waals surface area contributed by atoms with E-state index < -0.39 is 11.6 Å². The van der Waals surface area contributed by atoms with Crippen molar-refractivity contribution in [3.8, 4) is 11.3 Å². The van der Waals surface area contributed by atoms with Crippen LogP contribution in [0.25, 0.3) is 11.3 Å². The molecule has 3 nitrogen and oxygen atoms in total. The maximum absolute atomic E-state index is 13.0. The minimum Gasteiger partial charge on any atom is -0.391 e. The Labute approximate surface area is 90.3 Å². The molecule has 84 valence electrons. The molecule has 5 heteroatoms. The number of aliphatic hydroxyl groups is 1. The first-order chi connectivity index (χ1) is 7.63. The van der Waals surface area contributed by atoms with E-state index in [9.17, 15) is 8.78 Å². The zero-order chi connectivity index (χ0) is 11.7. The highest BCUT2D eigenvalue weighted by Gasteiger charge is 2.15. The Hall–Kier alpha value is -1.75. The van der Waals surface area contributed by atoms with Crippen LogP contribution in [0.2, 0.25) is 0 Å². The molecule has 1 heterocycles. The van der Waals surface area contributed by atoms with Gasteiger partial charge in [0.2, 0.25) is 0 Å². The Morgan fingerprint density at radius 2 is 2.06 bits per heavy atom. The Kier molecular flexibility index (Phi) is 2.70. The minimum absolute atomic E-state index is 0.260. The van der Waals surface area contributed by atoms with Crippen LogP contribution < -0.4 is 0 Å². The molecule has 0 amide bonds. The van der Waals surface area contributed by atoms with Gasteiger partial charge in [0.05, 0.1) is 6.61 Å². The number of halogens is 2. The molecule has 1 N–H and O–H groups in total. The van der Waals surface area contributed by atoms with Gasteiger partial charge in [-0.1, -0.05) is 5.16 Å². The van der Waals surface area contributed by atoms with Crippen molar-refractivity contribution in [3.63, 3.8) is 0 Å². The Balaban J connectivity index is 2.54. The normalized spacial score (nSPS) is 10.8. The van der Waals surface area contributed by atoms with Gasteiger partial charge in [-0.3, -0.25) is 0 Å². The van der Waals surface area contributed by atoms with Gasteiger partial charge >= 0.3 is 0 Å². The van der Waals surface area contributed by atoms with Crippen LogP contribution in [-0.4, -0.2) is 10.3 Å². The quantitative estimate of drug-likeness (QED) is 0.853. The van der Waals surface area contributed by atoms with Gasteiger partial charge in [-0.15, -0.1) is 0 Å². The minimum atomic E-state index is -0.956. The van der Waals surface area contributed by atoms with Crippen LogP contribution in [0.1, 0.15) is 11.3 Å². The predicted octanol–water partition coefficient (Wildman–Crippen LogP) is 2.42. The molecule has 0 aliphatic rings. The molecule has 0 spiro atoms. The SMILES string of the molecule is Cc1onc(-c2ccc(F)c(F)c2)c1CO. The van der Waals surface area contributed by atoms with E-state index in [1.165, 1.54) is 6.07 Å². The van der Waals surface area contributed by atoms with Gasteiger partial charge < -0.3 is 9.63 Å². The average molecular weight is 225 g/mol. The predicted molar refractivity (Wildman–Crippen MR) is 52.5 cm³/mol. The monoisotopic (exact) mass is 225 g/mol. The van der Waals surface area contributed by atoms with Crippen molar-refractivity contribution in [2.24, 2.45) is 0 Å². The molecule has 0 saturated heterocycles. The number of aromatic nitrogens is 1. The molecule has 0 unspecified atom stereocenters. The molecule has 0 saturated carbocycles. The lowest BCUT2D eigenvalue weighted by atomic mass is 10.1. The number of hydrogen-bond acceptors (Lipinski definition) is 3. The van der Waals surface area contributed by atoms with E-state index in [1.807, 2.05) is 0 Å². The first-order valence-corrected chi connectivity index (χ1v) is 4.65. The summed E-state index contributed by atoms with van der Waals surface area (Å²) in [6, 6.07) is 3.41. The zero-order valence-electron chi connectivity index (χ0n) is 8.50. The maximum Gasteiger partial charge on any atom is 0.159 e. The summed E-state index contributed by atoms with van der Waals surface area (Å²) in [6.07, 6.45) is 0. The topological polar surface area (TPSA) is 46.3 Å². The fourth-order valence-electron chi connectivity index (χ4n) is 1.45. The molecular weight excluding hydrogens is 216 g/mol. The van der Waals surface area contributed by atoms with Gasteiger partial charge in [0.1, 0.15) is 11.5 Å². The largest absolute Gasteiger partial charge is 0.391 e. The molecule has 0 radical (unpaired) electrons. The van der Waals surface area contributed by atoms with Gasteiger partial charge in [-0.2, -0.15) is 0 Å².